The molecule has 0 bridgehead atoms. The molecule has 3 heteroatoms. The van der Waals surface area contributed by atoms with Crippen molar-refractivity contribution in [2.75, 3.05) is 0 Å². The van der Waals surface area contributed by atoms with Crippen molar-refractivity contribution in [3.8, 4) is 5.75 Å². The number of hydrogen-bond donors (Lipinski definition) is 1. The van der Waals surface area contributed by atoms with Gasteiger partial charge in [0.25, 0.3) is 0 Å². The van der Waals surface area contributed by atoms with Gasteiger partial charge in [-0.1, -0.05) is 36.4 Å². The Bertz CT molecular complexity index is 684. The molecule has 0 aliphatic carbocycles. The maximum absolute atomic E-state index is 10.2. The van der Waals surface area contributed by atoms with E-state index in [0.29, 0.717) is 22.1 Å². The van der Waals surface area contributed by atoms with E-state index in [1.165, 1.54) is 0 Å². The molecular formula is C16H11ClO2. The summed E-state index contributed by atoms with van der Waals surface area (Å²) < 4.78 is 5.77. The van der Waals surface area contributed by atoms with E-state index in [0.717, 1.165) is 11.1 Å². The topological polar surface area (TPSA) is 29.5 Å². The van der Waals surface area contributed by atoms with E-state index in [1.807, 2.05) is 24.3 Å². The first kappa shape index (κ1) is 11.9. The van der Waals surface area contributed by atoms with Gasteiger partial charge in [-0.3, -0.25) is 0 Å². The van der Waals surface area contributed by atoms with Gasteiger partial charge in [0.15, 0.2) is 11.5 Å². The number of aliphatic hydroxyl groups is 1. The molecule has 0 saturated heterocycles. The molecule has 2 nitrogen and oxygen atoms in total. The van der Waals surface area contributed by atoms with E-state index >= 15 is 0 Å². The smallest absolute Gasteiger partial charge is 0.176 e. The molecule has 0 aromatic heterocycles. The zero-order chi connectivity index (χ0) is 13.4. The van der Waals surface area contributed by atoms with Gasteiger partial charge in [0.2, 0.25) is 0 Å². The van der Waals surface area contributed by atoms with Crippen molar-refractivity contribution in [3.63, 3.8) is 0 Å². The molecule has 94 valence electrons. The number of aliphatic hydroxyl groups excluding tert-OH is 1. The Morgan fingerprint density at radius 3 is 2.42 bits per heavy atom. The molecule has 3 rings (SSSR count). The molecular weight excluding hydrogens is 260 g/mol. The predicted octanol–water partition coefficient (Wildman–Crippen LogP) is 4.67. The van der Waals surface area contributed by atoms with Crippen LogP contribution in [0.2, 0.25) is 5.02 Å². The number of ether oxygens (including phenoxy) is 1. The third kappa shape index (κ3) is 2.00. The van der Waals surface area contributed by atoms with Crippen LogP contribution in [-0.4, -0.2) is 5.11 Å². The average Bonchev–Trinajstić information content (AvgIpc) is 2.44. The molecule has 1 N–H and O–H groups in total. The number of rotatable bonds is 1. The Labute approximate surface area is 116 Å². The molecule has 0 amide bonds. The lowest BCUT2D eigenvalue weighted by Crippen LogP contribution is -2.08. The van der Waals surface area contributed by atoms with Crippen molar-refractivity contribution < 1.29 is 9.84 Å². The van der Waals surface area contributed by atoms with Crippen LogP contribution in [0.1, 0.15) is 11.1 Å². The quantitative estimate of drug-likeness (QED) is 0.816. The second-order valence-electron chi connectivity index (χ2n) is 4.26. The molecule has 0 atom stereocenters. The fourth-order valence-electron chi connectivity index (χ4n) is 2.02. The van der Waals surface area contributed by atoms with E-state index in [9.17, 15) is 5.11 Å². The molecule has 0 spiro atoms. The second kappa shape index (κ2) is 4.48. The van der Waals surface area contributed by atoms with Gasteiger partial charge >= 0.3 is 0 Å². The van der Waals surface area contributed by atoms with Crippen LogP contribution in [-0.2, 0) is 0 Å². The van der Waals surface area contributed by atoms with Gasteiger partial charge < -0.3 is 9.84 Å². The van der Waals surface area contributed by atoms with Crippen LogP contribution in [0, 0.1) is 0 Å². The molecule has 1 heterocycles. The van der Waals surface area contributed by atoms with Crippen molar-refractivity contribution in [3.05, 3.63) is 77.0 Å². The van der Waals surface area contributed by atoms with E-state index in [1.54, 1.807) is 24.3 Å². The monoisotopic (exact) mass is 270 g/mol. The van der Waals surface area contributed by atoms with Gasteiger partial charge in [-0.05, 0) is 30.3 Å². The van der Waals surface area contributed by atoms with Gasteiger partial charge in [-0.2, -0.15) is 0 Å². The van der Waals surface area contributed by atoms with Crippen LogP contribution >= 0.6 is 11.6 Å². The van der Waals surface area contributed by atoms with Gasteiger partial charge in [0, 0.05) is 21.7 Å². The van der Waals surface area contributed by atoms with Crippen molar-refractivity contribution >= 4 is 22.9 Å². The molecule has 1 aliphatic heterocycles. The van der Waals surface area contributed by atoms with Gasteiger partial charge in [0.05, 0.1) is 0 Å². The minimum absolute atomic E-state index is 0.0565. The highest BCUT2D eigenvalue weighted by Crippen LogP contribution is 2.39. The number of hydrogen-bond acceptors (Lipinski definition) is 2. The van der Waals surface area contributed by atoms with Gasteiger partial charge in [0.1, 0.15) is 5.75 Å². The highest BCUT2D eigenvalue weighted by Gasteiger charge is 2.23. The van der Waals surface area contributed by atoms with Crippen molar-refractivity contribution in [1.29, 1.82) is 0 Å². The van der Waals surface area contributed by atoms with Gasteiger partial charge in [-0.15, -0.1) is 0 Å². The first-order valence-electron chi connectivity index (χ1n) is 5.82. The van der Waals surface area contributed by atoms with Crippen LogP contribution in [0.15, 0.2) is 60.9 Å². The van der Waals surface area contributed by atoms with E-state index in [2.05, 4.69) is 6.58 Å². The zero-order valence-electron chi connectivity index (χ0n) is 10.1. The van der Waals surface area contributed by atoms with Crippen LogP contribution in [0.4, 0.5) is 0 Å². The highest BCUT2D eigenvalue weighted by molar-refractivity contribution is 6.30. The predicted molar refractivity (Wildman–Crippen MR) is 77.1 cm³/mol. The van der Waals surface area contributed by atoms with Crippen molar-refractivity contribution in [1.82, 2.24) is 0 Å². The third-order valence-corrected chi connectivity index (χ3v) is 3.28. The first-order chi connectivity index (χ1) is 9.16. The Balaban J connectivity index is 2.11. The van der Waals surface area contributed by atoms with Crippen LogP contribution in [0.3, 0.4) is 0 Å². The Morgan fingerprint density at radius 2 is 1.68 bits per heavy atom. The lowest BCUT2D eigenvalue weighted by Gasteiger charge is -2.22. The molecule has 0 radical (unpaired) electrons. The minimum Gasteiger partial charge on any atom is -0.504 e. The summed E-state index contributed by atoms with van der Waals surface area (Å²) in [6, 6.07) is 14.6. The molecule has 0 unspecified atom stereocenters. The molecule has 1 aliphatic rings. The Kier molecular flexibility index (Phi) is 2.80. The molecule has 2 aromatic rings. The van der Waals surface area contributed by atoms with E-state index in [4.69, 9.17) is 16.3 Å². The SMILES string of the molecule is C=C1C(O)=C(c2ccc(Cl)cc2)Oc2ccccc21. The number of allylic oxidation sites excluding steroid dienone is 1. The fraction of sp³-hybridized carbons (Fsp3) is 0. The lowest BCUT2D eigenvalue weighted by molar-refractivity contribution is 0.398. The number of benzene rings is 2. The molecule has 0 fully saturated rings. The van der Waals surface area contributed by atoms with E-state index in [-0.39, 0.29) is 5.76 Å². The number of fused-ring (bicyclic) bond motifs is 1. The van der Waals surface area contributed by atoms with Crippen LogP contribution in [0.5, 0.6) is 5.75 Å². The lowest BCUT2D eigenvalue weighted by atomic mass is 9.99. The fourth-order valence-corrected chi connectivity index (χ4v) is 2.15. The maximum Gasteiger partial charge on any atom is 0.176 e. The molecule has 19 heavy (non-hydrogen) atoms. The van der Waals surface area contributed by atoms with Crippen molar-refractivity contribution in [2.45, 2.75) is 0 Å². The van der Waals surface area contributed by atoms with Crippen molar-refractivity contribution in [2.24, 2.45) is 0 Å². The summed E-state index contributed by atoms with van der Waals surface area (Å²) in [6.45, 7) is 3.92. The summed E-state index contributed by atoms with van der Waals surface area (Å²) in [5.74, 6) is 1.15. The maximum atomic E-state index is 10.2. The van der Waals surface area contributed by atoms with Gasteiger partial charge in [-0.25, -0.2) is 0 Å². The summed E-state index contributed by atoms with van der Waals surface area (Å²) >= 11 is 5.86. The highest BCUT2D eigenvalue weighted by atomic mass is 35.5. The first-order valence-corrected chi connectivity index (χ1v) is 6.20. The summed E-state index contributed by atoms with van der Waals surface area (Å²) in [7, 11) is 0. The number of para-hydroxylation sites is 1. The van der Waals surface area contributed by atoms with Crippen LogP contribution < -0.4 is 4.74 Å². The minimum atomic E-state index is 0.0565. The largest absolute Gasteiger partial charge is 0.504 e. The second-order valence-corrected chi connectivity index (χ2v) is 4.70. The summed E-state index contributed by atoms with van der Waals surface area (Å²) in [4.78, 5) is 0. The summed E-state index contributed by atoms with van der Waals surface area (Å²) in [6.07, 6.45) is 0. The third-order valence-electron chi connectivity index (χ3n) is 3.03. The Hall–Kier alpha value is -2.19. The molecule has 0 saturated carbocycles. The normalized spacial score (nSPS) is 14.1. The number of halogens is 1. The standard InChI is InChI=1S/C16H11ClO2/c1-10-13-4-2-3-5-14(13)19-16(15(10)18)11-6-8-12(17)9-7-11/h2-9,18H,1H2. The zero-order valence-corrected chi connectivity index (χ0v) is 10.8. The Morgan fingerprint density at radius 1 is 1.00 bits per heavy atom. The van der Waals surface area contributed by atoms with E-state index < -0.39 is 0 Å². The summed E-state index contributed by atoms with van der Waals surface area (Å²) in [5.41, 5.74) is 2.13. The molecule has 2 aromatic carbocycles. The summed E-state index contributed by atoms with van der Waals surface area (Å²) in [5, 5.41) is 10.9. The average molecular weight is 271 g/mol. The van der Waals surface area contributed by atoms with Crippen LogP contribution in [0.25, 0.3) is 11.3 Å².